The predicted octanol–water partition coefficient (Wildman–Crippen LogP) is 4.52. The zero-order valence-electron chi connectivity index (χ0n) is 11.2. The summed E-state index contributed by atoms with van der Waals surface area (Å²) in [5, 5.41) is 0. The molecule has 1 aromatic rings. The Morgan fingerprint density at radius 2 is 1.81 bits per heavy atom. The van der Waals surface area contributed by atoms with Crippen molar-refractivity contribution in [2.45, 2.75) is 46.5 Å². The molecule has 0 saturated heterocycles. The van der Waals surface area contributed by atoms with E-state index in [0.717, 1.165) is 12.0 Å². The lowest BCUT2D eigenvalue weighted by atomic mass is 9.84. The van der Waals surface area contributed by atoms with E-state index in [1.54, 1.807) is 0 Å². The first-order valence-electron chi connectivity index (χ1n) is 6.00. The van der Waals surface area contributed by atoms with Gasteiger partial charge < -0.3 is 0 Å². The molecule has 0 heterocycles. The Bertz CT molecular complexity index is 364. The molecular formula is C16H23. The minimum atomic E-state index is 0.193. The smallest absolute Gasteiger partial charge is 0.0132 e. The van der Waals surface area contributed by atoms with Gasteiger partial charge in [-0.05, 0) is 40.5 Å². The first-order valence-corrected chi connectivity index (χ1v) is 6.00. The van der Waals surface area contributed by atoms with Crippen molar-refractivity contribution in [2.75, 3.05) is 0 Å². The third-order valence-electron chi connectivity index (χ3n) is 2.71. The Morgan fingerprint density at radius 1 is 1.19 bits per heavy atom. The summed E-state index contributed by atoms with van der Waals surface area (Å²) in [6, 6.07) is 6.71. The molecule has 0 N–H and O–H groups in total. The number of hydrogen-bond donors (Lipinski definition) is 0. The van der Waals surface area contributed by atoms with Crippen LogP contribution in [0, 0.1) is 12.0 Å². The second-order valence-corrected chi connectivity index (χ2v) is 5.94. The first-order chi connectivity index (χ1) is 7.32. The van der Waals surface area contributed by atoms with Crippen LogP contribution in [0.5, 0.6) is 0 Å². The highest BCUT2D eigenvalue weighted by Gasteiger charge is 2.15. The van der Waals surface area contributed by atoms with E-state index >= 15 is 0 Å². The average molecular weight is 215 g/mol. The molecule has 0 fully saturated rings. The van der Waals surface area contributed by atoms with Crippen LogP contribution < -0.4 is 0 Å². The number of hydrogen-bond acceptors (Lipinski definition) is 0. The molecule has 87 valence electrons. The summed E-state index contributed by atoms with van der Waals surface area (Å²) in [6.45, 7) is 15.0. The molecule has 0 unspecified atom stereocenters. The lowest BCUT2D eigenvalue weighted by Crippen LogP contribution is -2.12. The van der Waals surface area contributed by atoms with Crippen LogP contribution in [0.3, 0.4) is 0 Å². The second kappa shape index (κ2) is 4.86. The van der Waals surface area contributed by atoms with Crippen molar-refractivity contribution in [1.29, 1.82) is 0 Å². The summed E-state index contributed by atoms with van der Waals surface area (Å²) in [5.74, 6) is 0.688. The van der Waals surface area contributed by atoms with Crippen LogP contribution in [-0.4, -0.2) is 0 Å². The summed E-state index contributed by atoms with van der Waals surface area (Å²) in [6.07, 6.45) is 4.13. The average Bonchev–Trinajstić information content (AvgIpc) is 2.14. The zero-order chi connectivity index (χ0) is 12.3. The van der Waals surface area contributed by atoms with Crippen molar-refractivity contribution in [2.24, 2.45) is 5.92 Å². The SMILES string of the molecule is C=[C]c1cc(CC(C)C)cc(C(C)(C)C)c1. The molecule has 1 rings (SSSR count). The molecular weight excluding hydrogens is 192 g/mol. The van der Waals surface area contributed by atoms with Gasteiger partial charge >= 0.3 is 0 Å². The van der Waals surface area contributed by atoms with E-state index < -0.39 is 0 Å². The fraction of sp³-hybridized carbons (Fsp3) is 0.500. The predicted molar refractivity (Wildman–Crippen MR) is 71.7 cm³/mol. The number of benzene rings is 1. The molecule has 0 aliphatic rings. The van der Waals surface area contributed by atoms with Crippen LogP contribution in [0.15, 0.2) is 24.8 Å². The lowest BCUT2D eigenvalue weighted by Gasteiger charge is -2.21. The lowest BCUT2D eigenvalue weighted by molar-refractivity contribution is 0.585. The maximum absolute atomic E-state index is 3.75. The molecule has 0 bridgehead atoms. The molecule has 0 spiro atoms. The monoisotopic (exact) mass is 215 g/mol. The topological polar surface area (TPSA) is 0 Å². The fourth-order valence-corrected chi connectivity index (χ4v) is 1.82. The highest BCUT2D eigenvalue weighted by Crippen LogP contribution is 2.25. The standard InChI is InChI=1S/C16H23/c1-7-13-9-14(8-12(2)3)11-15(10-13)16(4,5)6/h9-12H,1,8H2,2-6H3. The first kappa shape index (κ1) is 13.0. The molecule has 0 amide bonds. The van der Waals surface area contributed by atoms with Crippen molar-refractivity contribution in [3.8, 4) is 0 Å². The van der Waals surface area contributed by atoms with Gasteiger partial charge in [0.15, 0.2) is 0 Å². The summed E-state index contributed by atoms with van der Waals surface area (Å²) >= 11 is 0. The van der Waals surface area contributed by atoms with E-state index in [9.17, 15) is 0 Å². The van der Waals surface area contributed by atoms with Gasteiger partial charge in [0.2, 0.25) is 0 Å². The summed E-state index contributed by atoms with van der Waals surface area (Å²) in [5.41, 5.74) is 4.08. The third-order valence-corrected chi connectivity index (χ3v) is 2.71. The van der Waals surface area contributed by atoms with Crippen LogP contribution in [0.1, 0.15) is 51.3 Å². The molecule has 0 aromatic heterocycles. The van der Waals surface area contributed by atoms with Gasteiger partial charge in [0.25, 0.3) is 0 Å². The van der Waals surface area contributed by atoms with E-state index in [4.69, 9.17) is 0 Å². The zero-order valence-corrected chi connectivity index (χ0v) is 11.2. The largest absolute Gasteiger partial charge is 0.0906 e. The van der Waals surface area contributed by atoms with Crippen LogP contribution in [-0.2, 0) is 11.8 Å². The summed E-state index contributed by atoms with van der Waals surface area (Å²) in [7, 11) is 0. The molecule has 0 aliphatic carbocycles. The third kappa shape index (κ3) is 3.52. The van der Waals surface area contributed by atoms with Crippen LogP contribution in [0.25, 0.3) is 0 Å². The van der Waals surface area contributed by atoms with Crippen molar-refractivity contribution >= 4 is 0 Å². The van der Waals surface area contributed by atoms with Crippen LogP contribution in [0.2, 0.25) is 0 Å². The molecule has 0 nitrogen and oxygen atoms in total. The Kier molecular flexibility index (Phi) is 3.96. The van der Waals surface area contributed by atoms with Crippen molar-refractivity contribution in [3.05, 3.63) is 47.5 Å². The maximum atomic E-state index is 3.75. The van der Waals surface area contributed by atoms with E-state index in [1.165, 1.54) is 11.1 Å². The van der Waals surface area contributed by atoms with Crippen molar-refractivity contribution < 1.29 is 0 Å². The quantitative estimate of drug-likeness (QED) is 0.695. The molecule has 0 atom stereocenters. The van der Waals surface area contributed by atoms with Gasteiger partial charge in [-0.3, -0.25) is 0 Å². The Balaban J connectivity index is 3.16. The van der Waals surface area contributed by atoms with Crippen LogP contribution in [0.4, 0.5) is 0 Å². The van der Waals surface area contributed by atoms with Crippen molar-refractivity contribution in [1.82, 2.24) is 0 Å². The van der Waals surface area contributed by atoms with Gasteiger partial charge in [0.05, 0.1) is 0 Å². The summed E-state index contributed by atoms with van der Waals surface area (Å²) < 4.78 is 0. The molecule has 0 aliphatic heterocycles. The van der Waals surface area contributed by atoms with Gasteiger partial charge in [0, 0.05) is 0 Å². The van der Waals surface area contributed by atoms with E-state index in [0.29, 0.717) is 5.92 Å². The maximum Gasteiger partial charge on any atom is -0.0132 e. The minimum absolute atomic E-state index is 0.193. The Labute approximate surface area is 100 Å². The molecule has 0 heteroatoms. The molecule has 1 radical (unpaired) electrons. The van der Waals surface area contributed by atoms with Crippen molar-refractivity contribution in [3.63, 3.8) is 0 Å². The summed E-state index contributed by atoms with van der Waals surface area (Å²) in [4.78, 5) is 0. The minimum Gasteiger partial charge on any atom is -0.0906 e. The molecule has 1 aromatic carbocycles. The molecule has 0 saturated carbocycles. The highest BCUT2D eigenvalue weighted by molar-refractivity contribution is 5.36. The Morgan fingerprint density at radius 3 is 2.25 bits per heavy atom. The van der Waals surface area contributed by atoms with Gasteiger partial charge in [0.1, 0.15) is 0 Å². The van der Waals surface area contributed by atoms with E-state index in [-0.39, 0.29) is 5.41 Å². The van der Waals surface area contributed by atoms with Gasteiger partial charge in [-0.25, -0.2) is 0 Å². The number of rotatable bonds is 3. The highest BCUT2D eigenvalue weighted by atomic mass is 14.2. The van der Waals surface area contributed by atoms with E-state index in [2.05, 4.69) is 65.5 Å². The van der Waals surface area contributed by atoms with E-state index in [1.807, 2.05) is 0 Å². The fourth-order valence-electron chi connectivity index (χ4n) is 1.82. The second-order valence-electron chi connectivity index (χ2n) is 5.94. The van der Waals surface area contributed by atoms with Gasteiger partial charge in [-0.2, -0.15) is 0 Å². The van der Waals surface area contributed by atoms with Gasteiger partial charge in [-0.1, -0.05) is 59.4 Å². The van der Waals surface area contributed by atoms with Crippen LogP contribution >= 0.6 is 0 Å². The van der Waals surface area contributed by atoms with Gasteiger partial charge in [-0.15, -0.1) is 0 Å². The Hall–Kier alpha value is -1.04. The normalized spacial score (nSPS) is 11.9. The molecule has 16 heavy (non-hydrogen) atoms.